The zero-order chi connectivity index (χ0) is 19.5. The predicted octanol–water partition coefficient (Wildman–Crippen LogP) is 3.16. The first-order valence-corrected chi connectivity index (χ1v) is 9.73. The molecule has 8 heteroatoms. The molecule has 2 aliphatic rings. The lowest BCUT2D eigenvalue weighted by Crippen LogP contribution is -2.21. The van der Waals surface area contributed by atoms with E-state index in [1.165, 1.54) is 38.4 Å². The maximum Gasteiger partial charge on any atom is 0.165 e. The van der Waals surface area contributed by atoms with Crippen LogP contribution in [0, 0.1) is 5.82 Å². The van der Waals surface area contributed by atoms with Gasteiger partial charge in [0.2, 0.25) is 0 Å². The normalized spacial score (nSPS) is 16.5. The Morgan fingerprint density at radius 1 is 1.21 bits per heavy atom. The minimum absolute atomic E-state index is 0.136. The molecule has 1 aliphatic carbocycles. The monoisotopic (exact) mass is 384 g/mol. The zero-order valence-electron chi connectivity index (χ0n) is 16.0. The number of pyridine rings is 1. The summed E-state index contributed by atoms with van der Waals surface area (Å²) in [5.74, 6) is 0.508. The van der Waals surface area contributed by atoms with Crippen molar-refractivity contribution >= 4 is 11.5 Å². The lowest BCUT2D eigenvalue weighted by atomic mass is 10.2. The van der Waals surface area contributed by atoms with Gasteiger partial charge in [-0.1, -0.05) is 6.42 Å². The van der Waals surface area contributed by atoms with Crippen LogP contribution < -0.4 is 15.8 Å². The number of ether oxygens (including phenoxy) is 1. The molecular formula is C20H25FN6O. The molecule has 1 saturated carbocycles. The van der Waals surface area contributed by atoms with Crippen molar-refractivity contribution in [3.8, 4) is 17.1 Å². The number of aromatic nitrogens is 4. The molecule has 0 unspecified atom stereocenters. The van der Waals surface area contributed by atoms with Crippen LogP contribution in [-0.2, 0) is 0 Å². The van der Waals surface area contributed by atoms with E-state index in [-0.39, 0.29) is 5.82 Å². The minimum Gasteiger partial charge on any atom is -0.495 e. The van der Waals surface area contributed by atoms with Crippen LogP contribution in [0.15, 0.2) is 24.4 Å². The number of rotatable bonds is 3. The van der Waals surface area contributed by atoms with E-state index in [1.807, 2.05) is 6.07 Å². The molecule has 5 rings (SSSR count). The van der Waals surface area contributed by atoms with E-state index >= 15 is 0 Å². The molecule has 148 valence electrons. The number of hydrogen-bond acceptors (Lipinski definition) is 6. The fourth-order valence-electron chi connectivity index (χ4n) is 3.29. The molecule has 0 bridgehead atoms. The Labute approximate surface area is 163 Å². The SMILES string of the molecule is C1CCNCC1.COc1cc2ncc(-c3ccc(F)c(N)n3)n2nc1C1CC1. The van der Waals surface area contributed by atoms with Crippen molar-refractivity contribution < 1.29 is 9.13 Å². The van der Waals surface area contributed by atoms with Crippen molar-refractivity contribution in [1.82, 2.24) is 24.9 Å². The zero-order valence-corrected chi connectivity index (χ0v) is 16.0. The number of nitrogen functional groups attached to an aromatic ring is 1. The second-order valence-corrected chi connectivity index (χ2v) is 7.16. The van der Waals surface area contributed by atoms with Gasteiger partial charge in [0.05, 0.1) is 19.0 Å². The van der Waals surface area contributed by atoms with Crippen molar-refractivity contribution in [2.24, 2.45) is 0 Å². The Morgan fingerprint density at radius 3 is 2.57 bits per heavy atom. The molecule has 0 radical (unpaired) electrons. The minimum atomic E-state index is -0.536. The molecule has 1 aliphatic heterocycles. The van der Waals surface area contributed by atoms with Gasteiger partial charge in [-0.25, -0.2) is 18.9 Å². The van der Waals surface area contributed by atoms with E-state index in [2.05, 4.69) is 20.4 Å². The second-order valence-electron chi connectivity index (χ2n) is 7.16. The second kappa shape index (κ2) is 8.10. The number of fused-ring (bicyclic) bond motifs is 1. The standard InChI is InChI=1S/C15H14FN5O.C5H11N/c1-22-12-6-13-18-7-11(10-5-4-9(16)15(17)19-10)21(13)20-14(12)8-2-3-8;1-2-4-6-5-3-1/h4-8H,2-3H2,1H3,(H2,17,19);6H,1-5H2. The summed E-state index contributed by atoms with van der Waals surface area (Å²) < 4.78 is 20.4. The van der Waals surface area contributed by atoms with Gasteiger partial charge in [0.1, 0.15) is 17.1 Å². The summed E-state index contributed by atoms with van der Waals surface area (Å²) in [6.45, 7) is 2.50. The lowest BCUT2D eigenvalue weighted by molar-refractivity contribution is 0.405. The van der Waals surface area contributed by atoms with E-state index in [0.717, 1.165) is 24.3 Å². The van der Waals surface area contributed by atoms with Crippen LogP contribution in [-0.4, -0.2) is 39.8 Å². The molecule has 0 spiro atoms. The number of nitrogens with one attached hydrogen (secondary N) is 1. The summed E-state index contributed by atoms with van der Waals surface area (Å²) >= 11 is 0. The average molecular weight is 384 g/mol. The van der Waals surface area contributed by atoms with Gasteiger partial charge in [0.15, 0.2) is 17.3 Å². The van der Waals surface area contributed by atoms with Crippen molar-refractivity contribution in [3.05, 3.63) is 35.9 Å². The Bertz CT molecular complexity index is 953. The van der Waals surface area contributed by atoms with E-state index in [0.29, 0.717) is 23.0 Å². The molecule has 3 N–H and O–H groups in total. The smallest absolute Gasteiger partial charge is 0.165 e. The van der Waals surface area contributed by atoms with Crippen LogP contribution in [0.1, 0.15) is 43.7 Å². The van der Waals surface area contributed by atoms with Crippen LogP contribution in [0.3, 0.4) is 0 Å². The topological polar surface area (TPSA) is 90.4 Å². The predicted molar refractivity (Wildman–Crippen MR) is 106 cm³/mol. The van der Waals surface area contributed by atoms with Crippen molar-refractivity contribution in [2.45, 2.75) is 38.0 Å². The quantitative estimate of drug-likeness (QED) is 0.721. The fourth-order valence-corrected chi connectivity index (χ4v) is 3.29. The summed E-state index contributed by atoms with van der Waals surface area (Å²) in [6, 6.07) is 4.72. The van der Waals surface area contributed by atoms with Gasteiger partial charge in [-0.15, -0.1) is 0 Å². The molecule has 3 aromatic rings. The van der Waals surface area contributed by atoms with Gasteiger partial charge in [0, 0.05) is 12.0 Å². The molecule has 4 heterocycles. The van der Waals surface area contributed by atoms with Crippen molar-refractivity contribution in [1.29, 1.82) is 0 Å². The third-order valence-electron chi connectivity index (χ3n) is 5.01. The average Bonchev–Trinajstić information content (AvgIpc) is 3.50. The number of hydrogen-bond donors (Lipinski definition) is 2. The Hall–Kier alpha value is -2.74. The first-order chi connectivity index (χ1) is 13.7. The highest BCUT2D eigenvalue weighted by atomic mass is 19.1. The van der Waals surface area contributed by atoms with Gasteiger partial charge in [-0.3, -0.25) is 0 Å². The number of nitrogens with two attached hydrogens (primary N) is 1. The first kappa shape index (κ1) is 18.6. The Balaban J connectivity index is 0.000000275. The number of nitrogens with zero attached hydrogens (tertiary/aromatic N) is 4. The van der Waals surface area contributed by atoms with Crippen molar-refractivity contribution in [2.75, 3.05) is 25.9 Å². The molecule has 7 nitrogen and oxygen atoms in total. The molecule has 0 aromatic carbocycles. The maximum absolute atomic E-state index is 13.3. The van der Waals surface area contributed by atoms with Crippen LogP contribution in [0.25, 0.3) is 17.0 Å². The van der Waals surface area contributed by atoms with Gasteiger partial charge >= 0.3 is 0 Å². The molecule has 2 fully saturated rings. The summed E-state index contributed by atoms with van der Waals surface area (Å²) in [5.41, 5.74) is 8.33. The molecular weight excluding hydrogens is 359 g/mol. The number of piperidine rings is 1. The van der Waals surface area contributed by atoms with Gasteiger partial charge in [0.25, 0.3) is 0 Å². The maximum atomic E-state index is 13.3. The van der Waals surface area contributed by atoms with Crippen LogP contribution in [0.5, 0.6) is 5.75 Å². The molecule has 3 aromatic heterocycles. The molecule has 0 atom stereocenters. The van der Waals surface area contributed by atoms with E-state index in [1.54, 1.807) is 23.9 Å². The third-order valence-corrected chi connectivity index (χ3v) is 5.01. The summed E-state index contributed by atoms with van der Waals surface area (Å²) in [6.07, 6.45) is 8.09. The summed E-state index contributed by atoms with van der Waals surface area (Å²) in [4.78, 5) is 8.39. The highest BCUT2D eigenvalue weighted by Crippen LogP contribution is 2.43. The van der Waals surface area contributed by atoms with E-state index < -0.39 is 5.82 Å². The van der Waals surface area contributed by atoms with Crippen LogP contribution in [0.4, 0.5) is 10.2 Å². The van der Waals surface area contributed by atoms with Gasteiger partial charge in [-0.2, -0.15) is 5.10 Å². The van der Waals surface area contributed by atoms with Crippen LogP contribution in [0.2, 0.25) is 0 Å². The van der Waals surface area contributed by atoms with Crippen LogP contribution >= 0.6 is 0 Å². The first-order valence-electron chi connectivity index (χ1n) is 9.73. The highest BCUT2D eigenvalue weighted by molar-refractivity contribution is 5.62. The van der Waals surface area contributed by atoms with Crippen molar-refractivity contribution in [3.63, 3.8) is 0 Å². The highest BCUT2D eigenvalue weighted by Gasteiger charge is 2.29. The molecule has 0 amide bonds. The fraction of sp³-hybridized carbons (Fsp3) is 0.450. The number of halogens is 1. The number of anilines is 1. The summed E-state index contributed by atoms with van der Waals surface area (Å²) in [7, 11) is 1.63. The molecule has 1 saturated heterocycles. The van der Waals surface area contributed by atoms with Gasteiger partial charge in [-0.05, 0) is 50.9 Å². The number of imidazole rings is 1. The summed E-state index contributed by atoms with van der Waals surface area (Å²) in [5, 5.41) is 7.94. The van der Waals surface area contributed by atoms with E-state index in [9.17, 15) is 4.39 Å². The molecule has 28 heavy (non-hydrogen) atoms. The Kier molecular flexibility index (Phi) is 5.38. The Morgan fingerprint density at radius 2 is 2.00 bits per heavy atom. The number of methoxy groups -OCH3 is 1. The third kappa shape index (κ3) is 3.91. The van der Waals surface area contributed by atoms with Gasteiger partial charge < -0.3 is 15.8 Å². The van der Waals surface area contributed by atoms with E-state index in [4.69, 9.17) is 10.5 Å². The lowest BCUT2D eigenvalue weighted by Gasteiger charge is -2.08. The largest absolute Gasteiger partial charge is 0.495 e.